The van der Waals surface area contributed by atoms with E-state index in [0.29, 0.717) is 26.1 Å². The fraction of sp³-hybridized carbons (Fsp3) is 0.391. The molecule has 6 nitrogen and oxygen atoms in total. The molecule has 1 fully saturated rings. The van der Waals surface area contributed by atoms with Crippen molar-refractivity contribution in [3.63, 3.8) is 0 Å². The van der Waals surface area contributed by atoms with Crippen LogP contribution in [0.5, 0.6) is 0 Å². The number of rotatable bonds is 6. The van der Waals surface area contributed by atoms with Gasteiger partial charge in [0.2, 0.25) is 0 Å². The number of hydrogen-bond donors (Lipinski definition) is 0. The molecular formula is C23H26N2O4. The molecule has 1 atom stereocenters. The second-order valence-corrected chi connectivity index (χ2v) is 7.47. The molecule has 152 valence electrons. The van der Waals surface area contributed by atoms with Crippen LogP contribution in [0.4, 0.5) is 0 Å². The van der Waals surface area contributed by atoms with Crippen molar-refractivity contribution in [3.05, 3.63) is 59.4 Å². The zero-order valence-corrected chi connectivity index (χ0v) is 17.1. The molecule has 4 rings (SSSR count). The zero-order valence-electron chi connectivity index (χ0n) is 17.1. The molecule has 2 aromatic heterocycles. The Labute approximate surface area is 170 Å². The molecule has 0 amide bonds. The number of hydrogen-bond acceptors (Lipinski definition) is 5. The second-order valence-electron chi connectivity index (χ2n) is 7.47. The maximum Gasteiger partial charge on any atom is 0.314 e. The molecule has 0 aliphatic carbocycles. The quantitative estimate of drug-likeness (QED) is 0.591. The molecule has 1 aliphatic rings. The topological polar surface area (TPSA) is 62.1 Å². The van der Waals surface area contributed by atoms with Crippen molar-refractivity contribution in [2.24, 2.45) is 0 Å². The predicted octanol–water partition coefficient (Wildman–Crippen LogP) is 4.03. The van der Waals surface area contributed by atoms with Gasteiger partial charge in [0.15, 0.2) is 6.29 Å². The third-order valence-electron chi connectivity index (χ3n) is 5.33. The van der Waals surface area contributed by atoms with E-state index in [1.807, 2.05) is 41.8 Å². The van der Waals surface area contributed by atoms with Gasteiger partial charge in [-0.25, -0.2) is 4.98 Å². The largest absolute Gasteiger partial charge is 0.469 e. The Balaban J connectivity index is 1.82. The highest BCUT2D eigenvalue weighted by atomic mass is 16.7. The SMILES string of the molecule is COC(=O)C(CCC1OCCO1)c1c(-c2ccc(C)cc2)nc2ccc(C)cn12. The van der Waals surface area contributed by atoms with E-state index in [-0.39, 0.29) is 12.3 Å². The number of carbonyl (C=O) groups excluding carboxylic acids is 1. The van der Waals surface area contributed by atoms with Crippen LogP contribution in [0, 0.1) is 13.8 Å². The lowest BCUT2D eigenvalue weighted by Crippen LogP contribution is -2.20. The van der Waals surface area contributed by atoms with Crippen LogP contribution >= 0.6 is 0 Å². The number of fused-ring (bicyclic) bond motifs is 1. The first-order valence-corrected chi connectivity index (χ1v) is 9.93. The third kappa shape index (κ3) is 4.04. The van der Waals surface area contributed by atoms with Gasteiger partial charge >= 0.3 is 5.97 Å². The maximum absolute atomic E-state index is 12.8. The van der Waals surface area contributed by atoms with E-state index in [2.05, 4.69) is 19.1 Å². The van der Waals surface area contributed by atoms with E-state index < -0.39 is 5.92 Å². The van der Waals surface area contributed by atoms with Gasteiger partial charge in [0.05, 0.1) is 37.6 Å². The van der Waals surface area contributed by atoms with Crippen LogP contribution in [0.15, 0.2) is 42.6 Å². The van der Waals surface area contributed by atoms with Gasteiger partial charge in [0, 0.05) is 11.8 Å². The van der Waals surface area contributed by atoms with Gasteiger partial charge in [0.1, 0.15) is 5.65 Å². The molecule has 0 bridgehead atoms. The highest BCUT2D eigenvalue weighted by Crippen LogP contribution is 2.34. The lowest BCUT2D eigenvalue weighted by molar-refractivity contribution is -0.143. The normalized spacial score (nSPS) is 15.7. The van der Waals surface area contributed by atoms with E-state index in [9.17, 15) is 4.79 Å². The van der Waals surface area contributed by atoms with Crippen molar-refractivity contribution < 1.29 is 19.0 Å². The minimum absolute atomic E-state index is 0.272. The second kappa shape index (κ2) is 8.35. The molecule has 1 unspecified atom stereocenters. The van der Waals surface area contributed by atoms with Crippen molar-refractivity contribution in [2.45, 2.75) is 38.9 Å². The fourth-order valence-corrected chi connectivity index (χ4v) is 3.81. The number of aromatic nitrogens is 2. The number of ether oxygens (including phenoxy) is 3. The number of carbonyl (C=O) groups is 1. The molecule has 3 aromatic rings. The molecule has 29 heavy (non-hydrogen) atoms. The van der Waals surface area contributed by atoms with Crippen LogP contribution in [0.25, 0.3) is 16.9 Å². The smallest absolute Gasteiger partial charge is 0.314 e. The zero-order chi connectivity index (χ0) is 20.4. The van der Waals surface area contributed by atoms with Crippen LogP contribution in [0.1, 0.15) is 35.6 Å². The summed E-state index contributed by atoms with van der Waals surface area (Å²) in [6.07, 6.45) is 2.92. The molecule has 0 saturated carbocycles. The Morgan fingerprint density at radius 3 is 2.52 bits per heavy atom. The van der Waals surface area contributed by atoms with Crippen molar-refractivity contribution in [1.29, 1.82) is 0 Å². The lowest BCUT2D eigenvalue weighted by Gasteiger charge is -2.18. The van der Waals surface area contributed by atoms with Crippen LogP contribution < -0.4 is 0 Å². The van der Waals surface area contributed by atoms with Crippen molar-refractivity contribution >= 4 is 11.6 Å². The highest BCUT2D eigenvalue weighted by molar-refractivity contribution is 5.82. The summed E-state index contributed by atoms with van der Waals surface area (Å²) in [6.45, 7) is 5.27. The van der Waals surface area contributed by atoms with Crippen molar-refractivity contribution in [1.82, 2.24) is 9.38 Å². The first-order valence-electron chi connectivity index (χ1n) is 9.93. The van der Waals surface area contributed by atoms with E-state index in [1.54, 1.807) is 0 Å². The average Bonchev–Trinajstić information content (AvgIpc) is 3.37. The number of esters is 1. The predicted molar refractivity (Wildman–Crippen MR) is 110 cm³/mol. The fourth-order valence-electron chi connectivity index (χ4n) is 3.81. The molecule has 0 radical (unpaired) electrons. The Morgan fingerprint density at radius 2 is 1.83 bits per heavy atom. The Morgan fingerprint density at radius 1 is 1.14 bits per heavy atom. The molecule has 3 heterocycles. The van der Waals surface area contributed by atoms with E-state index in [0.717, 1.165) is 28.2 Å². The van der Waals surface area contributed by atoms with Gasteiger partial charge in [-0.3, -0.25) is 4.79 Å². The summed E-state index contributed by atoms with van der Waals surface area (Å²) in [6, 6.07) is 12.2. The van der Waals surface area contributed by atoms with E-state index in [1.165, 1.54) is 12.7 Å². The number of nitrogens with zero attached hydrogens (tertiary/aromatic N) is 2. The average molecular weight is 394 g/mol. The lowest BCUT2D eigenvalue weighted by atomic mass is 9.94. The number of methoxy groups -OCH3 is 1. The van der Waals surface area contributed by atoms with E-state index in [4.69, 9.17) is 19.2 Å². The summed E-state index contributed by atoms with van der Waals surface area (Å²) in [5, 5.41) is 0. The van der Waals surface area contributed by atoms with Gasteiger partial charge in [-0.1, -0.05) is 35.9 Å². The molecule has 1 aliphatic heterocycles. The summed E-state index contributed by atoms with van der Waals surface area (Å²) in [4.78, 5) is 17.7. The minimum Gasteiger partial charge on any atom is -0.469 e. The summed E-state index contributed by atoms with van der Waals surface area (Å²) >= 11 is 0. The van der Waals surface area contributed by atoms with Crippen molar-refractivity contribution in [3.8, 4) is 11.3 Å². The monoisotopic (exact) mass is 394 g/mol. The van der Waals surface area contributed by atoms with E-state index >= 15 is 0 Å². The van der Waals surface area contributed by atoms with Crippen LogP contribution in [-0.4, -0.2) is 42.0 Å². The highest BCUT2D eigenvalue weighted by Gasteiger charge is 2.31. The number of aryl methyl sites for hydroxylation is 2. The maximum atomic E-state index is 12.8. The van der Waals surface area contributed by atoms with Gasteiger partial charge in [-0.2, -0.15) is 0 Å². The molecule has 0 spiro atoms. The van der Waals surface area contributed by atoms with Gasteiger partial charge < -0.3 is 18.6 Å². The number of imidazole rings is 1. The Hall–Kier alpha value is -2.70. The standard InChI is InChI=1S/C23H26N2O4/c1-15-4-7-17(8-5-15)21-22(25-14-16(2)6-10-19(25)24-21)18(23(26)27-3)9-11-20-28-12-13-29-20/h4-8,10,14,18,20H,9,11-13H2,1-3H3. The third-order valence-corrected chi connectivity index (χ3v) is 5.33. The molecule has 1 aromatic carbocycles. The van der Waals surface area contributed by atoms with Crippen LogP contribution in [0.2, 0.25) is 0 Å². The molecule has 6 heteroatoms. The molecular weight excluding hydrogens is 368 g/mol. The molecule has 0 N–H and O–H groups in total. The summed E-state index contributed by atoms with van der Waals surface area (Å²) in [5.41, 5.74) is 5.71. The number of benzene rings is 1. The van der Waals surface area contributed by atoms with Gasteiger partial charge in [-0.05, 0) is 38.3 Å². The Bertz CT molecular complexity index is 1000. The van der Waals surface area contributed by atoms with Crippen molar-refractivity contribution in [2.75, 3.05) is 20.3 Å². The number of pyridine rings is 1. The van der Waals surface area contributed by atoms with Crippen LogP contribution in [-0.2, 0) is 19.0 Å². The van der Waals surface area contributed by atoms with Crippen LogP contribution in [0.3, 0.4) is 0 Å². The Kier molecular flexibility index (Phi) is 5.65. The van der Waals surface area contributed by atoms with Gasteiger partial charge in [0.25, 0.3) is 0 Å². The minimum atomic E-state index is -0.471. The first-order chi connectivity index (χ1) is 14.1. The first kappa shape index (κ1) is 19.6. The molecule has 1 saturated heterocycles. The summed E-state index contributed by atoms with van der Waals surface area (Å²) in [5.74, 6) is -0.749. The summed E-state index contributed by atoms with van der Waals surface area (Å²) in [7, 11) is 1.43. The summed E-state index contributed by atoms with van der Waals surface area (Å²) < 4.78 is 18.3. The van der Waals surface area contributed by atoms with Gasteiger partial charge in [-0.15, -0.1) is 0 Å².